The largest absolute Gasteiger partial charge is 0.325 e. The zero-order valence-electron chi connectivity index (χ0n) is 16.1. The number of aromatic nitrogens is 3. The van der Waals surface area contributed by atoms with Crippen molar-refractivity contribution in [2.45, 2.75) is 32.5 Å². The zero-order chi connectivity index (χ0) is 20.1. The van der Waals surface area contributed by atoms with Gasteiger partial charge in [-0.15, -0.1) is 10.2 Å². The topological polar surface area (TPSA) is 76.9 Å². The van der Waals surface area contributed by atoms with Crippen LogP contribution in [0.5, 0.6) is 0 Å². The average molecular weight is 395 g/mol. The van der Waals surface area contributed by atoms with Crippen molar-refractivity contribution in [3.05, 3.63) is 59.7 Å². The first kappa shape index (κ1) is 19.8. The van der Waals surface area contributed by atoms with Gasteiger partial charge in [-0.1, -0.05) is 41.6 Å². The number of ketones is 1. The lowest BCUT2D eigenvalue weighted by atomic mass is 10.1. The molecule has 0 saturated carbocycles. The van der Waals surface area contributed by atoms with Crippen molar-refractivity contribution in [2.75, 3.05) is 11.1 Å². The summed E-state index contributed by atoms with van der Waals surface area (Å²) in [7, 11) is 0. The van der Waals surface area contributed by atoms with Crippen LogP contribution in [0.1, 0.15) is 29.8 Å². The Morgan fingerprint density at radius 1 is 1.04 bits per heavy atom. The number of nitrogens with zero attached hydrogens (tertiary/aromatic N) is 3. The van der Waals surface area contributed by atoms with Gasteiger partial charge in [0.15, 0.2) is 16.8 Å². The maximum absolute atomic E-state index is 12.3. The number of Topliss-reactive ketones (excluding diaryl/α,β-unsaturated/α-hetero) is 1. The number of thioether (sulfide) groups is 1. The lowest BCUT2D eigenvalue weighted by molar-refractivity contribution is -0.113. The third-order valence-electron chi connectivity index (χ3n) is 4.25. The van der Waals surface area contributed by atoms with E-state index in [2.05, 4.69) is 15.5 Å². The number of rotatable bonds is 7. The van der Waals surface area contributed by atoms with E-state index >= 15 is 0 Å². The Kier molecular flexibility index (Phi) is 6.26. The lowest BCUT2D eigenvalue weighted by Gasteiger charge is -2.08. The molecule has 144 valence electrons. The molecule has 7 heteroatoms. The van der Waals surface area contributed by atoms with E-state index in [4.69, 9.17) is 0 Å². The number of carbonyl (C=O) groups is 2. The summed E-state index contributed by atoms with van der Waals surface area (Å²) in [4.78, 5) is 23.6. The van der Waals surface area contributed by atoms with Crippen LogP contribution < -0.4 is 5.32 Å². The van der Waals surface area contributed by atoms with Gasteiger partial charge in [-0.2, -0.15) is 0 Å². The summed E-state index contributed by atoms with van der Waals surface area (Å²) in [6.45, 7) is 6.30. The summed E-state index contributed by atoms with van der Waals surface area (Å²) in [5.74, 6) is 0.880. The van der Waals surface area contributed by atoms with E-state index in [-0.39, 0.29) is 17.4 Å². The van der Waals surface area contributed by atoms with Crippen LogP contribution >= 0.6 is 11.8 Å². The fraction of sp³-hybridized carbons (Fsp3) is 0.238. The molecule has 28 heavy (non-hydrogen) atoms. The second-order valence-electron chi connectivity index (χ2n) is 6.39. The SMILES string of the molecule is CCn1c(SCC(=O)Nc2ccc(C(C)=O)cc2)nnc1-c1ccc(C)cc1. The summed E-state index contributed by atoms with van der Waals surface area (Å²) in [6, 6.07) is 15.0. The summed E-state index contributed by atoms with van der Waals surface area (Å²) < 4.78 is 2.00. The van der Waals surface area contributed by atoms with Crippen LogP contribution in [0.2, 0.25) is 0 Å². The molecule has 1 amide bonds. The molecule has 0 radical (unpaired) electrons. The van der Waals surface area contributed by atoms with E-state index in [0.29, 0.717) is 23.0 Å². The van der Waals surface area contributed by atoms with E-state index < -0.39 is 0 Å². The number of benzene rings is 2. The fourth-order valence-electron chi connectivity index (χ4n) is 2.71. The van der Waals surface area contributed by atoms with Crippen molar-refractivity contribution in [1.82, 2.24) is 14.8 Å². The van der Waals surface area contributed by atoms with E-state index in [0.717, 1.165) is 11.4 Å². The Morgan fingerprint density at radius 3 is 2.32 bits per heavy atom. The summed E-state index contributed by atoms with van der Waals surface area (Å²) in [5, 5.41) is 12.1. The molecule has 3 aromatic rings. The molecule has 0 saturated heterocycles. The Bertz CT molecular complexity index is 979. The first-order chi connectivity index (χ1) is 13.5. The molecule has 1 aromatic heterocycles. The van der Waals surface area contributed by atoms with Gasteiger partial charge >= 0.3 is 0 Å². The fourth-order valence-corrected chi connectivity index (χ4v) is 3.51. The van der Waals surface area contributed by atoms with Crippen LogP contribution in [0, 0.1) is 6.92 Å². The van der Waals surface area contributed by atoms with Gasteiger partial charge in [-0.25, -0.2) is 0 Å². The highest BCUT2D eigenvalue weighted by Gasteiger charge is 2.14. The summed E-state index contributed by atoms with van der Waals surface area (Å²) in [5.41, 5.74) is 3.47. The molecule has 0 atom stereocenters. The van der Waals surface area contributed by atoms with Crippen molar-refractivity contribution in [3.63, 3.8) is 0 Å². The molecule has 0 aliphatic carbocycles. The number of anilines is 1. The number of aryl methyl sites for hydroxylation is 1. The average Bonchev–Trinajstić information content (AvgIpc) is 3.10. The second kappa shape index (κ2) is 8.84. The highest BCUT2D eigenvalue weighted by molar-refractivity contribution is 7.99. The van der Waals surface area contributed by atoms with Gasteiger partial charge in [0.1, 0.15) is 0 Å². The Hall–Kier alpha value is -2.93. The smallest absolute Gasteiger partial charge is 0.234 e. The highest BCUT2D eigenvalue weighted by Crippen LogP contribution is 2.24. The van der Waals surface area contributed by atoms with Crippen LogP contribution in [0.4, 0.5) is 5.69 Å². The van der Waals surface area contributed by atoms with Crippen LogP contribution in [0.15, 0.2) is 53.7 Å². The zero-order valence-corrected chi connectivity index (χ0v) is 16.9. The Labute approximate surface area is 168 Å². The maximum Gasteiger partial charge on any atom is 0.234 e. The van der Waals surface area contributed by atoms with Crippen LogP contribution in [-0.2, 0) is 11.3 Å². The van der Waals surface area contributed by atoms with E-state index in [1.165, 1.54) is 24.2 Å². The van der Waals surface area contributed by atoms with Crippen molar-refractivity contribution in [1.29, 1.82) is 0 Å². The van der Waals surface area contributed by atoms with Gasteiger partial charge < -0.3 is 9.88 Å². The van der Waals surface area contributed by atoms with Gasteiger partial charge in [0.25, 0.3) is 0 Å². The first-order valence-electron chi connectivity index (χ1n) is 9.02. The molecule has 0 fully saturated rings. The first-order valence-corrected chi connectivity index (χ1v) is 10.0. The molecule has 1 heterocycles. The van der Waals surface area contributed by atoms with Crippen molar-refractivity contribution in [3.8, 4) is 11.4 Å². The maximum atomic E-state index is 12.3. The number of nitrogens with one attached hydrogen (secondary N) is 1. The summed E-state index contributed by atoms with van der Waals surface area (Å²) >= 11 is 1.35. The molecule has 0 spiro atoms. The van der Waals surface area contributed by atoms with Gasteiger partial charge in [0.05, 0.1) is 5.75 Å². The van der Waals surface area contributed by atoms with Crippen LogP contribution in [0.25, 0.3) is 11.4 Å². The van der Waals surface area contributed by atoms with E-state index in [1.54, 1.807) is 24.3 Å². The molecular formula is C21H22N4O2S. The minimum atomic E-state index is -0.136. The molecule has 6 nitrogen and oxygen atoms in total. The van der Waals surface area contributed by atoms with Crippen molar-refractivity contribution < 1.29 is 9.59 Å². The quantitative estimate of drug-likeness (QED) is 0.480. The van der Waals surface area contributed by atoms with Gasteiger partial charge in [0, 0.05) is 23.4 Å². The second-order valence-corrected chi connectivity index (χ2v) is 7.33. The minimum Gasteiger partial charge on any atom is -0.325 e. The predicted octanol–water partition coefficient (Wildman–Crippen LogP) is 4.21. The van der Waals surface area contributed by atoms with Gasteiger partial charge in [-0.3, -0.25) is 9.59 Å². The molecular weight excluding hydrogens is 372 g/mol. The van der Waals surface area contributed by atoms with Crippen molar-refractivity contribution >= 4 is 29.1 Å². The minimum absolute atomic E-state index is 0.00304. The molecule has 0 aliphatic rings. The highest BCUT2D eigenvalue weighted by atomic mass is 32.2. The number of amides is 1. The van der Waals surface area contributed by atoms with E-state index in [9.17, 15) is 9.59 Å². The molecule has 3 rings (SSSR count). The number of hydrogen-bond donors (Lipinski definition) is 1. The summed E-state index contributed by atoms with van der Waals surface area (Å²) in [6.07, 6.45) is 0. The normalized spacial score (nSPS) is 10.7. The number of hydrogen-bond acceptors (Lipinski definition) is 5. The van der Waals surface area contributed by atoms with Gasteiger partial charge in [0.2, 0.25) is 5.91 Å². The lowest BCUT2D eigenvalue weighted by Crippen LogP contribution is -2.14. The molecule has 0 unspecified atom stereocenters. The van der Waals surface area contributed by atoms with Crippen LogP contribution in [-0.4, -0.2) is 32.2 Å². The predicted molar refractivity (Wildman–Crippen MR) is 112 cm³/mol. The Balaban J connectivity index is 1.64. The third-order valence-corrected chi connectivity index (χ3v) is 5.22. The van der Waals surface area contributed by atoms with E-state index in [1.807, 2.05) is 42.7 Å². The monoisotopic (exact) mass is 394 g/mol. The Morgan fingerprint density at radius 2 is 1.71 bits per heavy atom. The molecule has 2 aromatic carbocycles. The molecule has 0 aliphatic heterocycles. The van der Waals surface area contributed by atoms with Crippen LogP contribution in [0.3, 0.4) is 0 Å². The molecule has 1 N–H and O–H groups in total. The molecule has 0 bridgehead atoms. The van der Waals surface area contributed by atoms with Gasteiger partial charge in [-0.05, 0) is 45.0 Å². The number of carbonyl (C=O) groups excluding carboxylic acids is 2. The third kappa shape index (κ3) is 4.67. The van der Waals surface area contributed by atoms with Crippen molar-refractivity contribution in [2.24, 2.45) is 0 Å². The standard InChI is InChI=1S/C21H22N4O2S/c1-4-25-20(17-7-5-14(2)6-8-17)23-24-21(25)28-13-19(27)22-18-11-9-16(10-12-18)15(3)26/h5-12H,4,13H2,1-3H3,(H,22,27).